The summed E-state index contributed by atoms with van der Waals surface area (Å²) in [5, 5.41) is 13.4. The van der Waals surface area contributed by atoms with Gasteiger partial charge in [-0.05, 0) is 41.7 Å². The molecule has 0 aromatic heterocycles. The van der Waals surface area contributed by atoms with E-state index < -0.39 is 5.97 Å². The second kappa shape index (κ2) is 5.43. The average Bonchev–Trinajstić information content (AvgIpc) is 3.04. The zero-order valence-electron chi connectivity index (χ0n) is 12.4. The Morgan fingerprint density at radius 1 is 1.17 bits per heavy atom. The van der Waals surface area contributed by atoms with Crippen molar-refractivity contribution in [3.8, 4) is 0 Å². The van der Waals surface area contributed by atoms with Crippen molar-refractivity contribution in [3.05, 3.63) is 76.3 Å². The van der Waals surface area contributed by atoms with E-state index >= 15 is 0 Å². The van der Waals surface area contributed by atoms with Crippen molar-refractivity contribution >= 4 is 23.3 Å². The summed E-state index contributed by atoms with van der Waals surface area (Å²) in [6.07, 6.45) is 5.50. The maximum Gasteiger partial charge on any atom is 0.335 e. The number of allylic oxidation sites excluding steroid dienone is 2. The second-order valence-electron chi connectivity index (χ2n) is 6.11. The monoisotopic (exact) mass is 325 g/mol. The lowest BCUT2D eigenvalue weighted by atomic mass is 9.77. The Labute approximate surface area is 139 Å². The first-order valence-electron chi connectivity index (χ1n) is 7.70. The first-order chi connectivity index (χ1) is 11.1. The van der Waals surface area contributed by atoms with Crippen molar-refractivity contribution in [2.24, 2.45) is 5.92 Å². The number of aromatic carboxylic acids is 1. The molecule has 0 saturated carbocycles. The maximum atomic E-state index is 11.0. The van der Waals surface area contributed by atoms with Crippen molar-refractivity contribution in [1.29, 1.82) is 0 Å². The number of halogens is 1. The summed E-state index contributed by atoms with van der Waals surface area (Å²) in [5.41, 5.74) is 3.65. The third kappa shape index (κ3) is 2.32. The van der Waals surface area contributed by atoms with E-state index in [1.165, 1.54) is 5.56 Å². The van der Waals surface area contributed by atoms with Gasteiger partial charge >= 0.3 is 5.97 Å². The summed E-state index contributed by atoms with van der Waals surface area (Å²) in [6.45, 7) is 0. The molecule has 2 aromatic rings. The van der Waals surface area contributed by atoms with E-state index in [4.69, 9.17) is 16.7 Å². The van der Waals surface area contributed by atoms with Gasteiger partial charge in [0.2, 0.25) is 0 Å². The van der Waals surface area contributed by atoms with E-state index in [9.17, 15) is 4.79 Å². The molecule has 116 valence electrons. The molecule has 0 saturated heterocycles. The van der Waals surface area contributed by atoms with Gasteiger partial charge in [0.05, 0.1) is 22.3 Å². The van der Waals surface area contributed by atoms with Gasteiger partial charge in [0.1, 0.15) is 0 Å². The summed E-state index contributed by atoms with van der Waals surface area (Å²) in [6, 6.07) is 13.3. The van der Waals surface area contributed by atoms with Crippen molar-refractivity contribution < 1.29 is 9.90 Å². The summed E-state index contributed by atoms with van der Waals surface area (Å²) in [7, 11) is 0. The van der Waals surface area contributed by atoms with Crippen LogP contribution in [0.25, 0.3) is 0 Å². The van der Waals surface area contributed by atoms with Crippen LogP contribution >= 0.6 is 11.6 Å². The summed E-state index contributed by atoms with van der Waals surface area (Å²) < 4.78 is 0. The Hall–Kier alpha value is -2.26. The Morgan fingerprint density at radius 3 is 2.70 bits per heavy atom. The highest BCUT2D eigenvalue weighted by atomic mass is 35.5. The smallest absolute Gasteiger partial charge is 0.335 e. The van der Waals surface area contributed by atoms with Crippen LogP contribution in [0.4, 0.5) is 5.69 Å². The molecule has 0 spiro atoms. The Kier molecular flexibility index (Phi) is 3.38. The van der Waals surface area contributed by atoms with Crippen LogP contribution in [-0.2, 0) is 0 Å². The third-order valence-electron chi connectivity index (χ3n) is 4.86. The molecule has 0 radical (unpaired) electrons. The molecule has 4 heteroatoms. The number of benzene rings is 2. The van der Waals surface area contributed by atoms with Gasteiger partial charge in [-0.3, -0.25) is 0 Å². The molecule has 1 heterocycles. The molecule has 0 amide bonds. The van der Waals surface area contributed by atoms with Crippen LogP contribution in [0.5, 0.6) is 0 Å². The Morgan fingerprint density at radius 2 is 1.96 bits per heavy atom. The Balaban J connectivity index is 1.75. The predicted octanol–water partition coefficient (Wildman–Crippen LogP) is 4.86. The van der Waals surface area contributed by atoms with Gasteiger partial charge in [0.25, 0.3) is 0 Å². The first-order valence-corrected chi connectivity index (χ1v) is 8.08. The average molecular weight is 326 g/mol. The van der Waals surface area contributed by atoms with Crippen LogP contribution in [0.1, 0.15) is 39.9 Å². The molecule has 0 bridgehead atoms. The largest absolute Gasteiger partial charge is 0.478 e. The van der Waals surface area contributed by atoms with E-state index in [2.05, 4.69) is 23.5 Å². The molecule has 2 aliphatic rings. The first kappa shape index (κ1) is 14.3. The minimum atomic E-state index is -0.901. The van der Waals surface area contributed by atoms with Gasteiger partial charge in [-0.25, -0.2) is 4.79 Å². The highest BCUT2D eigenvalue weighted by Gasteiger charge is 2.38. The number of anilines is 1. The number of hydrogen-bond acceptors (Lipinski definition) is 2. The summed E-state index contributed by atoms with van der Waals surface area (Å²) >= 11 is 6.39. The molecule has 0 fully saturated rings. The number of carboxylic acids is 1. The predicted molar refractivity (Wildman–Crippen MR) is 91.2 cm³/mol. The number of para-hydroxylation sites is 1. The van der Waals surface area contributed by atoms with Gasteiger partial charge in [0.15, 0.2) is 0 Å². The van der Waals surface area contributed by atoms with E-state index in [0.717, 1.165) is 22.7 Å². The van der Waals surface area contributed by atoms with Crippen molar-refractivity contribution in [3.63, 3.8) is 0 Å². The third-order valence-corrected chi connectivity index (χ3v) is 5.18. The normalized spacial score (nSPS) is 24.7. The zero-order chi connectivity index (χ0) is 16.0. The van der Waals surface area contributed by atoms with E-state index in [1.54, 1.807) is 12.1 Å². The van der Waals surface area contributed by atoms with Crippen LogP contribution in [-0.4, -0.2) is 11.1 Å². The molecular formula is C19H16ClNO2. The zero-order valence-corrected chi connectivity index (χ0v) is 13.1. The second-order valence-corrected chi connectivity index (χ2v) is 6.51. The fourth-order valence-electron chi connectivity index (χ4n) is 3.75. The van der Waals surface area contributed by atoms with Gasteiger partial charge in [-0.1, -0.05) is 48.0 Å². The molecular weight excluding hydrogens is 310 g/mol. The number of hydrogen-bond donors (Lipinski definition) is 2. The van der Waals surface area contributed by atoms with Gasteiger partial charge in [0, 0.05) is 5.92 Å². The Bertz CT molecular complexity index is 798. The molecule has 3 unspecified atom stereocenters. The quantitative estimate of drug-likeness (QED) is 0.775. The lowest BCUT2D eigenvalue weighted by Gasteiger charge is -2.38. The highest BCUT2D eigenvalue weighted by Crippen LogP contribution is 2.51. The van der Waals surface area contributed by atoms with Gasteiger partial charge in [-0.15, -0.1) is 0 Å². The van der Waals surface area contributed by atoms with Crippen LogP contribution in [0, 0.1) is 5.92 Å². The topological polar surface area (TPSA) is 49.3 Å². The standard InChI is InChI=1S/C19H16ClNO2/c20-16-6-2-5-15-13-3-1-4-14(13)17(21-18(15)16)11-7-9-12(10-8-11)19(22)23/h1-3,5-10,13-14,17,21H,4H2,(H,22,23). The van der Waals surface area contributed by atoms with E-state index in [-0.39, 0.29) is 6.04 Å². The molecule has 2 N–H and O–H groups in total. The number of nitrogens with one attached hydrogen (secondary N) is 1. The fraction of sp³-hybridized carbons (Fsp3) is 0.211. The summed E-state index contributed by atoms with van der Waals surface area (Å²) in [4.78, 5) is 11.0. The SMILES string of the molecule is O=C(O)c1ccc(C2Nc3c(Cl)cccc3C3C=CCC32)cc1. The molecule has 2 aromatic carbocycles. The molecule has 4 rings (SSSR count). The molecule has 3 nitrogen and oxygen atoms in total. The molecule has 3 atom stereocenters. The van der Waals surface area contributed by atoms with Gasteiger partial charge < -0.3 is 10.4 Å². The minimum Gasteiger partial charge on any atom is -0.478 e. The van der Waals surface area contributed by atoms with Gasteiger partial charge in [-0.2, -0.15) is 0 Å². The summed E-state index contributed by atoms with van der Waals surface area (Å²) in [5.74, 6) is -0.118. The van der Waals surface area contributed by atoms with Crippen molar-refractivity contribution in [1.82, 2.24) is 0 Å². The number of carboxylic acid groups (broad SMARTS) is 1. The minimum absolute atomic E-state index is 0.130. The van der Waals surface area contributed by atoms with Crippen LogP contribution in [0.2, 0.25) is 5.02 Å². The maximum absolute atomic E-state index is 11.0. The lowest BCUT2D eigenvalue weighted by Crippen LogP contribution is -2.29. The number of fused-ring (bicyclic) bond motifs is 3. The van der Waals surface area contributed by atoms with E-state index in [1.807, 2.05) is 24.3 Å². The number of rotatable bonds is 2. The van der Waals surface area contributed by atoms with Crippen molar-refractivity contribution in [2.75, 3.05) is 5.32 Å². The number of carbonyl (C=O) groups is 1. The van der Waals surface area contributed by atoms with E-state index in [0.29, 0.717) is 17.4 Å². The van der Waals surface area contributed by atoms with Crippen LogP contribution in [0.3, 0.4) is 0 Å². The molecule has 23 heavy (non-hydrogen) atoms. The van der Waals surface area contributed by atoms with Crippen molar-refractivity contribution in [2.45, 2.75) is 18.4 Å². The highest BCUT2D eigenvalue weighted by molar-refractivity contribution is 6.33. The van der Waals surface area contributed by atoms with Crippen LogP contribution < -0.4 is 5.32 Å². The van der Waals surface area contributed by atoms with Crippen LogP contribution in [0.15, 0.2) is 54.6 Å². The molecule has 1 aliphatic heterocycles. The fourth-order valence-corrected chi connectivity index (χ4v) is 3.98. The lowest BCUT2D eigenvalue weighted by molar-refractivity contribution is 0.0697. The molecule has 1 aliphatic carbocycles.